The van der Waals surface area contributed by atoms with Gasteiger partial charge in [-0.05, 0) is 29.6 Å². The molecule has 2 aromatic rings. The number of thiophene rings is 1. The zero-order valence-electron chi connectivity index (χ0n) is 9.34. The minimum atomic E-state index is 0.0155. The smallest absolute Gasteiger partial charge is 0.170 e. The van der Waals surface area contributed by atoms with Crippen LogP contribution in [0.3, 0.4) is 0 Å². The highest BCUT2D eigenvalue weighted by atomic mass is 35.5. The third-order valence-corrected chi connectivity index (χ3v) is 3.43. The van der Waals surface area contributed by atoms with Gasteiger partial charge >= 0.3 is 0 Å². The molecule has 18 heavy (non-hydrogen) atoms. The molecule has 0 saturated heterocycles. The van der Waals surface area contributed by atoms with E-state index < -0.39 is 0 Å². The van der Waals surface area contributed by atoms with Gasteiger partial charge in [-0.15, -0.1) is 11.3 Å². The molecule has 1 aromatic carbocycles. The predicted molar refractivity (Wildman–Crippen MR) is 72.6 cm³/mol. The van der Waals surface area contributed by atoms with Gasteiger partial charge in [0.1, 0.15) is 12.4 Å². The number of benzene rings is 1. The summed E-state index contributed by atoms with van der Waals surface area (Å²) >= 11 is 7.68. The van der Waals surface area contributed by atoms with Crippen molar-refractivity contribution in [2.75, 3.05) is 0 Å². The third-order valence-electron chi connectivity index (χ3n) is 2.29. The maximum atomic E-state index is 8.57. The van der Waals surface area contributed by atoms with Crippen LogP contribution in [0.25, 0.3) is 0 Å². The summed E-state index contributed by atoms with van der Waals surface area (Å²) in [5.41, 5.74) is 6.01. The van der Waals surface area contributed by atoms with Gasteiger partial charge in [0, 0.05) is 10.4 Å². The quantitative estimate of drug-likeness (QED) is 0.392. The standard InChI is InChI=1S/C12H11ClN2O2S/c13-10-6-8(12(14)15-16)3-4-11(10)17-7-9-2-1-5-18-9/h1-6,16H,7H2,(H2,14,15). The van der Waals surface area contributed by atoms with Crippen molar-refractivity contribution >= 4 is 28.8 Å². The van der Waals surface area contributed by atoms with Gasteiger partial charge in [-0.25, -0.2) is 0 Å². The lowest BCUT2D eigenvalue weighted by Crippen LogP contribution is -2.12. The van der Waals surface area contributed by atoms with Crippen LogP contribution >= 0.6 is 22.9 Å². The molecule has 94 valence electrons. The average molecular weight is 283 g/mol. The molecule has 0 unspecified atom stereocenters. The molecule has 0 aliphatic rings. The molecule has 1 heterocycles. The van der Waals surface area contributed by atoms with Crippen LogP contribution in [0.4, 0.5) is 0 Å². The summed E-state index contributed by atoms with van der Waals surface area (Å²) in [6.45, 7) is 0.473. The molecule has 2 rings (SSSR count). The lowest BCUT2D eigenvalue weighted by atomic mass is 10.2. The number of nitrogens with zero attached hydrogens (tertiary/aromatic N) is 1. The molecular weight excluding hydrogens is 272 g/mol. The second kappa shape index (κ2) is 5.75. The van der Waals surface area contributed by atoms with Gasteiger partial charge in [-0.3, -0.25) is 0 Å². The van der Waals surface area contributed by atoms with Crippen molar-refractivity contribution in [3.8, 4) is 5.75 Å². The highest BCUT2D eigenvalue weighted by molar-refractivity contribution is 7.09. The number of hydrogen-bond acceptors (Lipinski definition) is 4. The largest absolute Gasteiger partial charge is 0.487 e. The molecule has 0 aliphatic carbocycles. The van der Waals surface area contributed by atoms with E-state index in [2.05, 4.69) is 5.16 Å². The van der Waals surface area contributed by atoms with Gasteiger partial charge in [0.2, 0.25) is 0 Å². The number of oxime groups is 1. The Hall–Kier alpha value is -1.72. The minimum Gasteiger partial charge on any atom is -0.487 e. The van der Waals surface area contributed by atoms with Crippen LogP contribution in [0.1, 0.15) is 10.4 Å². The molecule has 0 amide bonds. The first kappa shape index (κ1) is 12.7. The molecule has 6 heteroatoms. The first-order valence-electron chi connectivity index (χ1n) is 5.13. The zero-order chi connectivity index (χ0) is 13.0. The third kappa shape index (κ3) is 2.94. The van der Waals surface area contributed by atoms with E-state index in [-0.39, 0.29) is 5.84 Å². The molecule has 4 nitrogen and oxygen atoms in total. The number of hydrogen-bond donors (Lipinski definition) is 2. The Kier molecular flexibility index (Phi) is 4.07. The fourth-order valence-corrected chi connectivity index (χ4v) is 2.23. The van der Waals surface area contributed by atoms with Crippen LogP contribution in [-0.4, -0.2) is 11.0 Å². The van der Waals surface area contributed by atoms with Crippen LogP contribution < -0.4 is 10.5 Å². The highest BCUT2D eigenvalue weighted by Gasteiger charge is 2.06. The highest BCUT2D eigenvalue weighted by Crippen LogP contribution is 2.26. The summed E-state index contributed by atoms with van der Waals surface area (Å²) in [5, 5.41) is 13.9. The van der Waals surface area contributed by atoms with Gasteiger partial charge in [-0.2, -0.15) is 0 Å². The summed E-state index contributed by atoms with van der Waals surface area (Å²) in [6.07, 6.45) is 0. The Bertz CT molecular complexity index is 555. The van der Waals surface area contributed by atoms with Crippen LogP contribution in [0, 0.1) is 0 Å². The van der Waals surface area contributed by atoms with Crippen LogP contribution in [0.2, 0.25) is 5.02 Å². The van der Waals surface area contributed by atoms with Crippen molar-refractivity contribution in [1.29, 1.82) is 0 Å². The van der Waals surface area contributed by atoms with E-state index in [1.54, 1.807) is 29.5 Å². The van der Waals surface area contributed by atoms with Gasteiger partial charge < -0.3 is 15.7 Å². The van der Waals surface area contributed by atoms with Gasteiger partial charge in [0.15, 0.2) is 5.84 Å². The second-order valence-corrected chi connectivity index (χ2v) is 4.94. The summed E-state index contributed by atoms with van der Waals surface area (Å²) in [5.74, 6) is 0.585. The molecule has 0 fully saturated rings. The summed E-state index contributed by atoms with van der Waals surface area (Å²) < 4.78 is 5.58. The minimum absolute atomic E-state index is 0.0155. The van der Waals surface area contributed by atoms with Crippen molar-refractivity contribution in [3.05, 3.63) is 51.2 Å². The van der Waals surface area contributed by atoms with E-state index >= 15 is 0 Å². The molecule has 1 aromatic heterocycles. The van der Waals surface area contributed by atoms with Gasteiger partial charge in [0.25, 0.3) is 0 Å². The predicted octanol–water partition coefficient (Wildman–Crippen LogP) is 3.08. The number of nitrogens with two attached hydrogens (primary N) is 1. The number of ether oxygens (including phenoxy) is 1. The lowest BCUT2D eigenvalue weighted by molar-refractivity contribution is 0.310. The van der Waals surface area contributed by atoms with E-state index in [1.165, 1.54) is 0 Å². The fraction of sp³-hybridized carbons (Fsp3) is 0.0833. The molecule has 0 aliphatic heterocycles. The molecular formula is C12H11ClN2O2S. The molecule has 0 spiro atoms. The van der Waals surface area contributed by atoms with E-state index in [0.717, 1.165) is 4.88 Å². The second-order valence-electron chi connectivity index (χ2n) is 3.50. The Morgan fingerprint density at radius 1 is 1.44 bits per heavy atom. The topological polar surface area (TPSA) is 67.8 Å². The van der Waals surface area contributed by atoms with Gasteiger partial charge in [-0.1, -0.05) is 22.8 Å². The van der Waals surface area contributed by atoms with Crippen molar-refractivity contribution in [2.24, 2.45) is 10.9 Å². The summed E-state index contributed by atoms with van der Waals surface area (Å²) in [7, 11) is 0. The normalized spacial score (nSPS) is 11.5. The Morgan fingerprint density at radius 2 is 2.28 bits per heavy atom. The molecule has 0 atom stereocenters. The number of halogens is 1. The van der Waals surface area contributed by atoms with Crippen LogP contribution in [0.5, 0.6) is 5.75 Å². The fourth-order valence-electron chi connectivity index (χ4n) is 1.38. The van der Waals surface area contributed by atoms with Crippen molar-refractivity contribution in [1.82, 2.24) is 0 Å². The molecule has 3 N–H and O–H groups in total. The van der Waals surface area contributed by atoms with E-state index in [9.17, 15) is 0 Å². The first-order valence-corrected chi connectivity index (χ1v) is 6.39. The van der Waals surface area contributed by atoms with Crippen molar-refractivity contribution < 1.29 is 9.94 Å². The van der Waals surface area contributed by atoms with Crippen molar-refractivity contribution in [2.45, 2.75) is 6.61 Å². The first-order chi connectivity index (χ1) is 8.70. The van der Waals surface area contributed by atoms with Crippen LogP contribution in [0.15, 0.2) is 40.9 Å². The molecule has 0 radical (unpaired) electrons. The van der Waals surface area contributed by atoms with Crippen LogP contribution in [-0.2, 0) is 6.61 Å². The Balaban J connectivity index is 2.10. The van der Waals surface area contributed by atoms with E-state index in [1.807, 2.05) is 17.5 Å². The van der Waals surface area contributed by atoms with Gasteiger partial charge in [0.05, 0.1) is 5.02 Å². The zero-order valence-corrected chi connectivity index (χ0v) is 10.9. The maximum Gasteiger partial charge on any atom is 0.170 e. The SMILES string of the molecule is NC(=NO)c1ccc(OCc2cccs2)c(Cl)c1. The number of rotatable bonds is 4. The molecule has 0 saturated carbocycles. The maximum absolute atomic E-state index is 8.57. The summed E-state index contributed by atoms with van der Waals surface area (Å²) in [6, 6.07) is 8.93. The van der Waals surface area contributed by atoms with Crippen molar-refractivity contribution in [3.63, 3.8) is 0 Å². The lowest BCUT2D eigenvalue weighted by Gasteiger charge is -2.08. The summed E-state index contributed by atoms with van der Waals surface area (Å²) in [4.78, 5) is 1.12. The monoisotopic (exact) mass is 282 g/mol. The van der Waals surface area contributed by atoms with E-state index in [0.29, 0.717) is 22.9 Å². The number of amidine groups is 1. The average Bonchev–Trinajstić information content (AvgIpc) is 2.89. The van der Waals surface area contributed by atoms with E-state index in [4.69, 9.17) is 27.3 Å². The Labute approximate surface area is 113 Å². The molecule has 0 bridgehead atoms. The Morgan fingerprint density at radius 3 is 2.89 bits per heavy atom.